The van der Waals surface area contributed by atoms with Gasteiger partial charge >= 0.3 is 0 Å². The number of anilines is 2. The summed E-state index contributed by atoms with van der Waals surface area (Å²) >= 11 is 12.2. The molecule has 0 radical (unpaired) electrons. The van der Waals surface area contributed by atoms with Crippen molar-refractivity contribution in [2.45, 2.75) is 19.8 Å². The summed E-state index contributed by atoms with van der Waals surface area (Å²) in [5, 5.41) is 6.53. The molecule has 3 aromatic rings. The molecule has 2 aromatic carbocycles. The monoisotopic (exact) mass is 416 g/mol. The fraction of sp³-hybridized carbons (Fsp3) is 0.143. The third-order valence-electron chi connectivity index (χ3n) is 3.90. The minimum Gasteiger partial charge on any atom is -0.451 e. The van der Waals surface area contributed by atoms with Crippen LogP contribution in [0.15, 0.2) is 59.0 Å². The van der Waals surface area contributed by atoms with Gasteiger partial charge in [-0.05, 0) is 55.0 Å². The van der Waals surface area contributed by atoms with Crippen molar-refractivity contribution >= 4 is 46.4 Å². The van der Waals surface area contributed by atoms with E-state index in [0.717, 1.165) is 6.42 Å². The number of amides is 2. The summed E-state index contributed by atoms with van der Waals surface area (Å²) in [5.74, 6) is 0.0891. The van der Waals surface area contributed by atoms with E-state index in [2.05, 4.69) is 10.6 Å². The Bertz CT molecular complexity index is 1010. The molecule has 5 nitrogen and oxygen atoms in total. The van der Waals surface area contributed by atoms with Crippen LogP contribution in [0.3, 0.4) is 0 Å². The van der Waals surface area contributed by atoms with Gasteiger partial charge in [-0.2, -0.15) is 0 Å². The molecule has 0 saturated heterocycles. The van der Waals surface area contributed by atoms with Crippen molar-refractivity contribution in [3.05, 3.63) is 70.4 Å². The lowest BCUT2D eigenvalue weighted by Crippen LogP contribution is -2.13. The van der Waals surface area contributed by atoms with Gasteiger partial charge in [-0.25, -0.2) is 0 Å². The van der Waals surface area contributed by atoms with Gasteiger partial charge in [-0.3, -0.25) is 9.59 Å². The van der Waals surface area contributed by atoms with E-state index in [-0.39, 0.29) is 11.7 Å². The summed E-state index contributed by atoms with van der Waals surface area (Å²) in [6.07, 6.45) is 1.21. The fourth-order valence-corrected chi connectivity index (χ4v) is 2.99. The molecule has 0 unspecified atom stereocenters. The number of nitrogens with one attached hydrogen (secondary N) is 2. The normalized spacial score (nSPS) is 10.5. The maximum absolute atomic E-state index is 12.5. The Labute approximate surface area is 172 Å². The molecule has 0 aliphatic carbocycles. The predicted octanol–water partition coefficient (Wildman–Crippen LogP) is 6.24. The summed E-state index contributed by atoms with van der Waals surface area (Å²) in [7, 11) is 0. The van der Waals surface area contributed by atoms with Gasteiger partial charge in [0.25, 0.3) is 5.91 Å². The number of hydrogen-bond donors (Lipinski definition) is 2. The highest BCUT2D eigenvalue weighted by Gasteiger charge is 2.15. The van der Waals surface area contributed by atoms with Crippen molar-refractivity contribution in [2.24, 2.45) is 0 Å². The molecule has 1 heterocycles. The summed E-state index contributed by atoms with van der Waals surface area (Å²) in [4.78, 5) is 24.2. The van der Waals surface area contributed by atoms with E-state index in [9.17, 15) is 9.59 Å². The zero-order chi connectivity index (χ0) is 20.1. The number of rotatable bonds is 6. The van der Waals surface area contributed by atoms with Gasteiger partial charge in [0, 0.05) is 28.4 Å². The number of benzene rings is 2. The minimum absolute atomic E-state index is 0.0694. The summed E-state index contributed by atoms with van der Waals surface area (Å²) in [6, 6.07) is 15.2. The molecule has 2 N–H and O–H groups in total. The van der Waals surface area contributed by atoms with Crippen molar-refractivity contribution in [2.75, 3.05) is 10.6 Å². The second kappa shape index (κ2) is 8.95. The van der Waals surface area contributed by atoms with Crippen LogP contribution in [-0.2, 0) is 4.79 Å². The molecule has 3 rings (SSSR count). The zero-order valence-corrected chi connectivity index (χ0v) is 16.6. The van der Waals surface area contributed by atoms with E-state index in [0.29, 0.717) is 39.2 Å². The second-order valence-corrected chi connectivity index (χ2v) is 6.96. The van der Waals surface area contributed by atoms with E-state index in [1.165, 1.54) is 0 Å². The average molecular weight is 417 g/mol. The largest absolute Gasteiger partial charge is 0.451 e. The van der Waals surface area contributed by atoms with Crippen molar-refractivity contribution in [3.8, 4) is 11.3 Å². The topological polar surface area (TPSA) is 71.3 Å². The molecule has 0 aliphatic rings. The van der Waals surface area contributed by atoms with Crippen molar-refractivity contribution in [1.29, 1.82) is 0 Å². The van der Waals surface area contributed by atoms with Gasteiger partial charge in [0.1, 0.15) is 5.76 Å². The molecular weight excluding hydrogens is 399 g/mol. The number of halogens is 2. The highest BCUT2D eigenvalue weighted by atomic mass is 35.5. The van der Waals surface area contributed by atoms with Crippen LogP contribution >= 0.6 is 23.2 Å². The van der Waals surface area contributed by atoms with Gasteiger partial charge in [-0.15, -0.1) is 0 Å². The highest BCUT2D eigenvalue weighted by Crippen LogP contribution is 2.32. The van der Waals surface area contributed by atoms with Crippen molar-refractivity contribution in [3.63, 3.8) is 0 Å². The Morgan fingerprint density at radius 2 is 1.71 bits per heavy atom. The van der Waals surface area contributed by atoms with Crippen LogP contribution < -0.4 is 10.6 Å². The molecule has 0 aliphatic heterocycles. The third-order valence-corrected chi connectivity index (χ3v) is 4.47. The predicted molar refractivity (Wildman–Crippen MR) is 112 cm³/mol. The standard InChI is InChI=1S/C21H18Cl2N2O3/c1-2-4-20(26)24-14-5-3-6-15(12-14)25-21(27)19-10-9-18(28-19)16-11-13(22)7-8-17(16)23/h3,5-12H,2,4H2,1H3,(H,24,26)(H,25,27). The van der Waals surface area contributed by atoms with Gasteiger partial charge < -0.3 is 15.1 Å². The Morgan fingerprint density at radius 3 is 2.46 bits per heavy atom. The van der Waals surface area contributed by atoms with Crippen LogP contribution in [0.5, 0.6) is 0 Å². The fourth-order valence-electron chi connectivity index (χ4n) is 2.61. The first-order valence-electron chi connectivity index (χ1n) is 8.73. The van der Waals surface area contributed by atoms with E-state index < -0.39 is 5.91 Å². The summed E-state index contributed by atoms with van der Waals surface area (Å²) < 4.78 is 5.64. The molecular formula is C21H18Cl2N2O3. The van der Waals surface area contributed by atoms with Gasteiger partial charge in [-0.1, -0.05) is 36.2 Å². The van der Waals surface area contributed by atoms with E-state index in [4.69, 9.17) is 27.6 Å². The van der Waals surface area contributed by atoms with Crippen molar-refractivity contribution in [1.82, 2.24) is 0 Å². The van der Waals surface area contributed by atoms with Crippen LogP contribution in [0.4, 0.5) is 11.4 Å². The first-order valence-corrected chi connectivity index (χ1v) is 9.48. The molecule has 28 heavy (non-hydrogen) atoms. The van der Waals surface area contributed by atoms with E-state index >= 15 is 0 Å². The first-order chi connectivity index (χ1) is 13.5. The van der Waals surface area contributed by atoms with Gasteiger partial charge in [0.05, 0.1) is 5.02 Å². The van der Waals surface area contributed by atoms with E-state index in [1.54, 1.807) is 54.6 Å². The van der Waals surface area contributed by atoms with Crippen molar-refractivity contribution < 1.29 is 14.0 Å². The molecule has 0 spiro atoms. The number of hydrogen-bond acceptors (Lipinski definition) is 3. The smallest absolute Gasteiger partial charge is 0.291 e. The van der Waals surface area contributed by atoms with Gasteiger partial charge in [0.2, 0.25) is 5.91 Å². The van der Waals surface area contributed by atoms with Crippen LogP contribution in [-0.4, -0.2) is 11.8 Å². The van der Waals surface area contributed by atoms with E-state index in [1.807, 2.05) is 6.92 Å². The van der Waals surface area contributed by atoms with Crippen LogP contribution in [0, 0.1) is 0 Å². The highest BCUT2D eigenvalue weighted by molar-refractivity contribution is 6.35. The Kier molecular flexibility index (Phi) is 6.39. The maximum atomic E-state index is 12.5. The molecule has 1 aromatic heterocycles. The number of carbonyl (C=O) groups excluding carboxylic acids is 2. The lowest BCUT2D eigenvalue weighted by atomic mass is 10.2. The first kappa shape index (κ1) is 20.0. The second-order valence-electron chi connectivity index (χ2n) is 6.12. The lowest BCUT2D eigenvalue weighted by Gasteiger charge is -2.08. The Hall–Kier alpha value is -2.76. The third kappa shape index (κ3) is 4.94. The van der Waals surface area contributed by atoms with Crippen LogP contribution in [0.2, 0.25) is 10.0 Å². The van der Waals surface area contributed by atoms with Crippen LogP contribution in [0.1, 0.15) is 30.3 Å². The molecule has 0 bridgehead atoms. The number of carbonyl (C=O) groups is 2. The van der Waals surface area contributed by atoms with Gasteiger partial charge in [0.15, 0.2) is 5.76 Å². The summed E-state index contributed by atoms with van der Waals surface area (Å²) in [6.45, 7) is 1.93. The van der Waals surface area contributed by atoms with Crippen LogP contribution in [0.25, 0.3) is 11.3 Å². The molecule has 0 atom stereocenters. The molecule has 0 fully saturated rings. The Morgan fingerprint density at radius 1 is 0.964 bits per heavy atom. The maximum Gasteiger partial charge on any atom is 0.291 e. The zero-order valence-electron chi connectivity index (χ0n) is 15.1. The average Bonchev–Trinajstić information content (AvgIpc) is 3.14. The SMILES string of the molecule is CCCC(=O)Nc1cccc(NC(=O)c2ccc(-c3cc(Cl)ccc3Cl)o2)c1. The Balaban J connectivity index is 1.73. The molecule has 144 valence electrons. The number of furan rings is 1. The molecule has 0 saturated carbocycles. The quantitative estimate of drug-likeness (QED) is 0.498. The minimum atomic E-state index is -0.415. The lowest BCUT2D eigenvalue weighted by molar-refractivity contribution is -0.116. The molecule has 2 amide bonds. The molecule has 7 heteroatoms. The summed E-state index contributed by atoms with van der Waals surface area (Å²) in [5.41, 5.74) is 1.76.